The first-order valence-electron chi connectivity index (χ1n) is 10.5. The Bertz CT molecular complexity index is 1010. The fourth-order valence-electron chi connectivity index (χ4n) is 4.33. The van der Waals surface area contributed by atoms with Crippen LogP contribution in [0, 0.1) is 6.92 Å². The third kappa shape index (κ3) is 4.08. The molecule has 1 aromatic carbocycles. The van der Waals surface area contributed by atoms with Gasteiger partial charge in [-0.05, 0) is 61.1 Å². The fourth-order valence-corrected chi connectivity index (χ4v) is 4.33. The van der Waals surface area contributed by atoms with Gasteiger partial charge in [-0.25, -0.2) is 0 Å². The van der Waals surface area contributed by atoms with Gasteiger partial charge in [0.2, 0.25) is 5.91 Å². The number of nitrogens with zero attached hydrogens (tertiary/aromatic N) is 3. The van der Waals surface area contributed by atoms with Crippen LogP contribution in [0.15, 0.2) is 55.0 Å². The van der Waals surface area contributed by atoms with Crippen molar-refractivity contribution < 1.29 is 9.53 Å². The molecular weight excluding hydrogens is 376 g/mol. The van der Waals surface area contributed by atoms with Crippen molar-refractivity contribution in [3.63, 3.8) is 0 Å². The van der Waals surface area contributed by atoms with Gasteiger partial charge in [0.15, 0.2) is 5.82 Å². The van der Waals surface area contributed by atoms with E-state index in [2.05, 4.69) is 21.5 Å². The van der Waals surface area contributed by atoms with Crippen molar-refractivity contribution in [2.24, 2.45) is 0 Å². The lowest BCUT2D eigenvalue weighted by atomic mass is 9.77. The summed E-state index contributed by atoms with van der Waals surface area (Å²) >= 11 is 0. The van der Waals surface area contributed by atoms with Crippen molar-refractivity contribution >= 4 is 11.7 Å². The number of nitrogens with one attached hydrogen (secondary N) is 1. The standard InChI is InChI=1S/C24H28N4O2/c1-18-5-6-20(17-21(18)30-2)24(11-3-4-12-24)23(29)26-22-10-16-28(27-22)15-9-19-7-13-25-14-8-19/h5-8,10,13-14,16-17H,3-4,9,11-12,15H2,1-2H3,(H,26,27,29). The number of hydrogen-bond acceptors (Lipinski definition) is 4. The lowest BCUT2D eigenvalue weighted by molar-refractivity contribution is -0.121. The van der Waals surface area contributed by atoms with Gasteiger partial charge in [0, 0.05) is 31.2 Å². The smallest absolute Gasteiger partial charge is 0.236 e. The first-order chi connectivity index (χ1) is 14.6. The quantitative estimate of drug-likeness (QED) is 0.638. The Hall–Kier alpha value is -3.15. The van der Waals surface area contributed by atoms with Crippen LogP contribution in [0.25, 0.3) is 0 Å². The zero-order chi connectivity index (χ0) is 21.0. The highest BCUT2D eigenvalue weighted by Crippen LogP contribution is 2.43. The number of anilines is 1. The first kappa shape index (κ1) is 20.1. The Morgan fingerprint density at radius 3 is 2.67 bits per heavy atom. The van der Waals surface area contributed by atoms with Gasteiger partial charge in [-0.15, -0.1) is 0 Å². The minimum Gasteiger partial charge on any atom is -0.496 e. The van der Waals surface area contributed by atoms with Gasteiger partial charge in [-0.3, -0.25) is 14.5 Å². The predicted octanol–water partition coefficient (Wildman–Crippen LogP) is 4.29. The average molecular weight is 405 g/mol. The summed E-state index contributed by atoms with van der Waals surface area (Å²) in [6.45, 7) is 2.77. The molecule has 1 fully saturated rings. The molecule has 6 heteroatoms. The van der Waals surface area contributed by atoms with Gasteiger partial charge in [0.1, 0.15) is 5.75 Å². The summed E-state index contributed by atoms with van der Waals surface area (Å²) in [7, 11) is 1.67. The molecule has 0 atom stereocenters. The molecule has 2 aromatic heterocycles. The number of carbonyl (C=O) groups excluding carboxylic acids is 1. The number of aromatic nitrogens is 3. The molecule has 1 aliphatic rings. The number of aryl methyl sites for hydroxylation is 3. The van der Waals surface area contributed by atoms with Crippen molar-refractivity contribution in [1.82, 2.24) is 14.8 Å². The molecule has 30 heavy (non-hydrogen) atoms. The first-order valence-corrected chi connectivity index (χ1v) is 10.5. The molecule has 1 amide bonds. The molecule has 1 saturated carbocycles. The highest BCUT2D eigenvalue weighted by molar-refractivity contribution is 5.98. The molecule has 3 aromatic rings. The van der Waals surface area contributed by atoms with E-state index in [-0.39, 0.29) is 5.91 Å². The minimum atomic E-state index is -0.526. The van der Waals surface area contributed by atoms with E-state index in [1.165, 1.54) is 5.56 Å². The Labute approximate surface area is 177 Å². The van der Waals surface area contributed by atoms with E-state index in [0.717, 1.165) is 55.5 Å². The van der Waals surface area contributed by atoms with Gasteiger partial charge in [-0.1, -0.05) is 25.0 Å². The number of hydrogen-bond donors (Lipinski definition) is 1. The second-order valence-corrected chi connectivity index (χ2v) is 8.00. The van der Waals surface area contributed by atoms with Crippen LogP contribution in [-0.4, -0.2) is 27.8 Å². The number of pyridine rings is 1. The van der Waals surface area contributed by atoms with Crippen LogP contribution < -0.4 is 10.1 Å². The topological polar surface area (TPSA) is 69.0 Å². The van der Waals surface area contributed by atoms with Crippen LogP contribution in [0.2, 0.25) is 0 Å². The van der Waals surface area contributed by atoms with Crippen LogP contribution in [0.5, 0.6) is 5.75 Å². The van der Waals surface area contributed by atoms with Gasteiger partial charge < -0.3 is 10.1 Å². The second-order valence-electron chi connectivity index (χ2n) is 8.00. The van der Waals surface area contributed by atoms with E-state index in [0.29, 0.717) is 5.82 Å². The summed E-state index contributed by atoms with van der Waals surface area (Å²) in [4.78, 5) is 17.4. The summed E-state index contributed by atoms with van der Waals surface area (Å²) in [5.41, 5.74) is 2.78. The molecular formula is C24H28N4O2. The SMILES string of the molecule is COc1cc(C2(C(=O)Nc3ccn(CCc4ccncc4)n3)CCCC2)ccc1C. The molecule has 0 aliphatic heterocycles. The molecule has 0 spiro atoms. The molecule has 0 unspecified atom stereocenters. The van der Waals surface area contributed by atoms with Crippen LogP contribution in [0.4, 0.5) is 5.82 Å². The Balaban J connectivity index is 1.48. The molecule has 156 valence electrons. The van der Waals surface area contributed by atoms with Crippen molar-refractivity contribution in [2.75, 3.05) is 12.4 Å². The average Bonchev–Trinajstić information content (AvgIpc) is 3.44. The van der Waals surface area contributed by atoms with Crippen molar-refractivity contribution in [2.45, 2.75) is 51.0 Å². The van der Waals surface area contributed by atoms with Crippen LogP contribution in [0.1, 0.15) is 42.4 Å². The third-order valence-corrected chi connectivity index (χ3v) is 6.11. The highest BCUT2D eigenvalue weighted by Gasteiger charge is 2.43. The monoisotopic (exact) mass is 404 g/mol. The highest BCUT2D eigenvalue weighted by atomic mass is 16.5. The molecule has 1 aliphatic carbocycles. The Morgan fingerprint density at radius 1 is 1.17 bits per heavy atom. The van der Waals surface area contributed by atoms with Crippen molar-refractivity contribution in [3.05, 3.63) is 71.7 Å². The number of methoxy groups -OCH3 is 1. The number of rotatable bonds is 7. The summed E-state index contributed by atoms with van der Waals surface area (Å²) in [5, 5.41) is 7.63. The van der Waals surface area contributed by atoms with Crippen LogP contribution in [0.3, 0.4) is 0 Å². The summed E-state index contributed by atoms with van der Waals surface area (Å²) in [6.07, 6.45) is 10.1. The molecule has 2 heterocycles. The van der Waals surface area contributed by atoms with E-state index in [4.69, 9.17) is 4.74 Å². The minimum absolute atomic E-state index is 0.0188. The molecule has 4 rings (SSSR count). The van der Waals surface area contributed by atoms with E-state index >= 15 is 0 Å². The molecule has 0 saturated heterocycles. The molecule has 1 N–H and O–H groups in total. The second kappa shape index (κ2) is 8.69. The fraction of sp³-hybridized carbons (Fsp3) is 0.375. The number of ether oxygens (including phenoxy) is 1. The van der Waals surface area contributed by atoms with Crippen molar-refractivity contribution in [1.29, 1.82) is 0 Å². The predicted molar refractivity (Wildman–Crippen MR) is 117 cm³/mol. The van der Waals surface area contributed by atoms with Gasteiger partial charge >= 0.3 is 0 Å². The van der Waals surface area contributed by atoms with Gasteiger partial charge in [0.25, 0.3) is 0 Å². The molecule has 6 nitrogen and oxygen atoms in total. The summed E-state index contributed by atoms with van der Waals surface area (Å²) in [5.74, 6) is 1.44. The number of benzene rings is 1. The van der Waals surface area contributed by atoms with Crippen molar-refractivity contribution in [3.8, 4) is 5.75 Å². The van der Waals surface area contributed by atoms with Crippen LogP contribution in [-0.2, 0) is 23.2 Å². The maximum absolute atomic E-state index is 13.4. The lowest BCUT2D eigenvalue weighted by Crippen LogP contribution is -2.38. The molecule has 0 radical (unpaired) electrons. The lowest BCUT2D eigenvalue weighted by Gasteiger charge is -2.28. The van der Waals surface area contributed by atoms with E-state index in [1.807, 2.05) is 48.1 Å². The maximum atomic E-state index is 13.4. The third-order valence-electron chi connectivity index (χ3n) is 6.11. The molecule has 0 bridgehead atoms. The van der Waals surface area contributed by atoms with E-state index in [1.54, 1.807) is 19.5 Å². The van der Waals surface area contributed by atoms with E-state index < -0.39 is 5.41 Å². The zero-order valence-corrected chi connectivity index (χ0v) is 17.6. The normalized spacial score (nSPS) is 15.1. The Kier molecular flexibility index (Phi) is 5.84. The number of carbonyl (C=O) groups is 1. The largest absolute Gasteiger partial charge is 0.496 e. The van der Waals surface area contributed by atoms with Gasteiger partial charge in [-0.2, -0.15) is 5.10 Å². The number of amides is 1. The summed E-state index contributed by atoms with van der Waals surface area (Å²) in [6, 6.07) is 12.0. The zero-order valence-electron chi connectivity index (χ0n) is 17.6. The van der Waals surface area contributed by atoms with Gasteiger partial charge in [0.05, 0.1) is 12.5 Å². The van der Waals surface area contributed by atoms with E-state index in [9.17, 15) is 4.79 Å². The summed E-state index contributed by atoms with van der Waals surface area (Å²) < 4.78 is 7.37. The Morgan fingerprint density at radius 2 is 1.93 bits per heavy atom. The van der Waals surface area contributed by atoms with Crippen LogP contribution >= 0.6 is 0 Å². The maximum Gasteiger partial charge on any atom is 0.236 e.